The van der Waals surface area contributed by atoms with Crippen LogP contribution in [0.15, 0.2) is 30.3 Å². The van der Waals surface area contributed by atoms with Gasteiger partial charge in [-0.2, -0.15) is 0 Å². The second-order valence-corrected chi connectivity index (χ2v) is 7.21. The molecule has 1 amide bonds. The Morgan fingerprint density at radius 3 is 2.54 bits per heavy atom. The van der Waals surface area contributed by atoms with Crippen LogP contribution < -0.4 is 0 Å². The Bertz CT molecular complexity index is 570. The molecule has 0 radical (unpaired) electrons. The molecule has 24 heavy (non-hydrogen) atoms. The van der Waals surface area contributed by atoms with Crippen LogP contribution in [-0.4, -0.2) is 47.2 Å². The van der Waals surface area contributed by atoms with E-state index in [4.69, 9.17) is 9.84 Å². The van der Waals surface area contributed by atoms with E-state index in [1.54, 1.807) is 11.8 Å². The number of aryl methyl sites for hydroxylation is 1. The maximum atomic E-state index is 12.9. The minimum Gasteiger partial charge on any atom is -0.479 e. The van der Waals surface area contributed by atoms with Crippen molar-refractivity contribution in [2.75, 3.05) is 13.1 Å². The average Bonchev–Trinajstić information content (AvgIpc) is 2.54. The standard InChI is InChI=1S/C19H27NO4/c1-14-12-20(13-16(24-14)17(21)22)18(23)19(2,3)11-7-10-15-8-5-4-6-9-15/h4-6,8-9,14,16H,7,10-13H2,1-3H3,(H,21,22)/t14-,16?/m1/s1. The lowest BCUT2D eigenvalue weighted by Crippen LogP contribution is -2.54. The molecular weight excluding hydrogens is 306 g/mol. The second kappa shape index (κ2) is 7.79. The minimum absolute atomic E-state index is 0.0111. The molecule has 1 aliphatic rings. The van der Waals surface area contributed by atoms with Gasteiger partial charge < -0.3 is 14.7 Å². The van der Waals surface area contributed by atoms with Crippen molar-refractivity contribution in [3.63, 3.8) is 0 Å². The minimum atomic E-state index is -1.01. The number of carbonyl (C=O) groups is 2. The highest BCUT2D eigenvalue weighted by Gasteiger charge is 2.38. The van der Waals surface area contributed by atoms with Crippen LogP contribution in [0.2, 0.25) is 0 Å². The van der Waals surface area contributed by atoms with Gasteiger partial charge in [0.25, 0.3) is 0 Å². The molecule has 2 atom stereocenters. The third-order valence-corrected chi connectivity index (χ3v) is 4.51. The van der Waals surface area contributed by atoms with Crippen LogP contribution >= 0.6 is 0 Å². The highest BCUT2D eigenvalue weighted by atomic mass is 16.5. The quantitative estimate of drug-likeness (QED) is 0.869. The van der Waals surface area contributed by atoms with Crippen LogP contribution in [0.4, 0.5) is 0 Å². The molecule has 0 bridgehead atoms. The van der Waals surface area contributed by atoms with Crippen LogP contribution in [0.1, 0.15) is 39.2 Å². The lowest BCUT2D eigenvalue weighted by Gasteiger charge is -2.39. The monoisotopic (exact) mass is 333 g/mol. The summed E-state index contributed by atoms with van der Waals surface area (Å²) < 4.78 is 5.39. The highest BCUT2D eigenvalue weighted by molar-refractivity contribution is 5.83. The van der Waals surface area contributed by atoms with Crippen molar-refractivity contribution in [2.45, 2.75) is 52.2 Å². The summed E-state index contributed by atoms with van der Waals surface area (Å²) in [6, 6.07) is 10.2. The van der Waals surface area contributed by atoms with Crippen LogP contribution in [0.25, 0.3) is 0 Å². The number of amides is 1. The van der Waals surface area contributed by atoms with E-state index in [-0.39, 0.29) is 18.6 Å². The van der Waals surface area contributed by atoms with Gasteiger partial charge in [0.15, 0.2) is 6.10 Å². The molecule has 1 aromatic rings. The van der Waals surface area contributed by atoms with Crippen molar-refractivity contribution in [2.24, 2.45) is 5.41 Å². The molecule has 0 aliphatic carbocycles. The molecule has 0 spiro atoms. The van der Waals surface area contributed by atoms with Crippen LogP contribution in [0, 0.1) is 5.41 Å². The Morgan fingerprint density at radius 2 is 1.92 bits per heavy atom. The van der Waals surface area contributed by atoms with Gasteiger partial charge in [-0.1, -0.05) is 44.2 Å². The first-order chi connectivity index (χ1) is 11.3. The SMILES string of the molecule is C[C@@H]1CN(C(=O)C(C)(C)CCCc2ccccc2)CC(C(=O)O)O1. The van der Waals surface area contributed by atoms with E-state index in [2.05, 4.69) is 12.1 Å². The smallest absolute Gasteiger partial charge is 0.334 e. The number of hydrogen-bond donors (Lipinski definition) is 1. The molecule has 1 unspecified atom stereocenters. The Morgan fingerprint density at radius 1 is 1.25 bits per heavy atom. The fourth-order valence-corrected chi connectivity index (χ4v) is 3.17. The Balaban J connectivity index is 1.92. The number of morpholine rings is 1. The van der Waals surface area contributed by atoms with E-state index in [0.717, 1.165) is 19.3 Å². The summed E-state index contributed by atoms with van der Waals surface area (Å²) in [6.07, 6.45) is 1.44. The fraction of sp³-hybridized carbons (Fsp3) is 0.579. The van der Waals surface area contributed by atoms with Crippen LogP contribution in [-0.2, 0) is 20.7 Å². The first-order valence-electron chi connectivity index (χ1n) is 8.51. The van der Waals surface area contributed by atoms with Crippen LogP contribution in [0.5, 0.6) is 0 Å². The van der Waals surface area contributed by atoms with Crippen molar-refractivity contribution in [1.82, 2.24) is 4.90 Å². The number of aliphatic carboxylic acids is 1. The topological polar surface area (TPSA) is 66.8 Å². The summed E-state index contributed by atoms with van der Waals surface area (Å²) in [5.74, 6) is -1.00. The number of rotatable bonds is 6. The highest BCUT2D eigenvalue weighted by Crippen LogP contribution is 2.28. The van der Waals surface area contributed by atoms with Gasteiger partial charge in [0.1, 0.15) is 0 Å². The van der Waals surface area contributed by atoms with Crippen molar-refractivity contribution in [3.05, 3.63) is 35.9 Å². The van der Waals surface area contributed by atoms with Gasteiger partial charge in [-0.15, -0.1) is 0 Å². The maximum Gasteiger partial charge on any atom is 0.334 e. The number of hydrogen-bond acceptors (Lipinski definition) is 3. The van der Waals surface area contributed by atoms with E-state index >= 15 is 0 Å². The number of carboxylic acids is 1. The summed E-state index contributed by atoms with van der Waals surface area (Å²) in [5, 5.41) is 9.16. The van der Waals surface area contributed by atoms with E-state index in [1.165, 1.54) is 5.56 Å². The number of benzene rings is 1. The second-order valence-electron chi connectivity index (χ2n) is 7.21. The summed E-state index contributed by atoms with van der Waals surface area (Å²) >= 11 is 0. The van der Waals surface area contributed by atoms with E-state index in [9.17, 15) is 9.59 Å². The first kappa shape index (κ1) is 18.5. The largest absolute Gasteiger partial charge is 0.479 e. The molecule has 1 N–H and O–H groups in total. The molecule has 0 aromatic heterocycles. The molecule has 0 saturated carbocycles. The summed E-state index contributed by atoms with van der Waals surface area (Å²) in [6.45, 7) is 6.26. The number of ether oxygens (including phenoxy) is 1. The number of carboxylic acid groups (broad SMARTS) is 1. The van der Waals surface area contributed by atoms with Gasteiger partial charge >= 0.3 is 5.97 Å². The fourth-order valence-electron chi connectivity index (χ4n) is 3.17. The number of nitrogens with zero attached hydrogens (tertiary/aromatic N) is 1. The van der Waals surface area contributed by atoms with Gasteiger partial charge in [-0.05, 0) is 31.7 Å². The zero-order chi connectivity index (χ0) is 17.7. The molecule has 5 heteroatoms. The molecule has 1 saturated heterocycles. The van der Waals surface area contributed by atoms with Gasteiger partial charge in [-0.25, -0.2) is 4.79 Å². The van der Waals surface area contributed by atoms with Crippen LogP contribution in [0.3, 0.4) is 0 Å². The third-order valence-electron chi connectivity index (χ3n) is 4.51. The molecular formula is C19H27NO4. The van der Waals surface area contributed by atoms with E-state index in [1.807, 2.05) is 32.0 Å². The lowest BCUT2D eigenvalue weighted by molar-refractivity contribution is -0.169. The molecule has 1 heterocycles. The van der Waals surface area contributed by atoms with Gasteiger partial charge in [0.2, 0.25) is 5.91 Å². The van der Waals surface area contributed by atoms with Gasteiger partial charge in [0, 0.05) is 12.0 Å². The zero-order valence-corrected chi connectivity index (χ0v) is 14.7. The summed E-state index contributed by atoms with van der Waals surface area (Å²) in [5.41, 5.74) is 0.765. The number of carbonyl (C=O) groups excluding carboxylic acids is 1. The average molecular weight is 333 g/mol. The Kier molecular flexibility index (Phi) is 5.99. The molecule has 132 valence electrons. The molecule has 1 aromatic carbocycles. The van der Waals surface area contributed by atoms with E-state index in [0.29, 0.717) is 6.54 Å². The Labute approximate surface area is 143 Å². The van der Waals surface area contributed by atoms with Crippen molar-refractivity contribution >= 4 is 11.9 Å². The Hall–Kier alpha value is -1.88. The van der Waals surface area contributed by atoms with Gasteiger partial charge in [0.05, 0.1) is 12.6 Å². The van der Waals surface area contributed by atoms with Crippen molar-refractivity contribution < 1.29 is 19.4 Å². The maximum absolute atomic E-state index is 12.9. The van der Waals surface area contributed by atoms with Crippen molar-refractivity contribution in [1.29, 1.82) is 0 Å². The molecule has 1 aliphatic heterocycles. The van der Waals surface area contributed by atoms with E-state index < -0.39 is 17.5 Å². The predicted octanol–water partition coefficient (Wildman–Crippen LogP) is 2.74. The summed E-state index contributed by atoms with van der Waals surface area (Å²) in [4.78, 5) is 25.7. The molecule has 5 nitrogen and oxygen atoms in total. The van der Waals surface area contributed by atoms with Gasteiger partial charge in [-0.3, -0.25) is 4.79 Å². The summed E-state index contributed by atoms with van der Waals surface area (Å²) in [7, 11) is 0. The normalized spacial score (nSPS) is 21.5. The predicted molar refractivity (Wildman–Crippen MR) is 91.7 cm³/mol. The lowest BCUT2D eigenvalue weighted by atomic mass is 9.84. The molecule has 2 rings (SSSR count). The third kappa shape index (κ3) is 4.81. The zero-order valence-electron chi connectivity index (χ0n) is 14.7. The van der Waals surface area contributed by atoms with Crippen molar-refractivity contribution in [3.8, 4) is 0 Å². The molecule has 1 fully saturated rings. The first-order valence-corrected chi connectivity index (χ1v) is 8.51.